The Bertz CT molecular complexity index is 366. The molecule has 1 unspecified atom stereocenters. The molecule has 0 aliphatic carbocycles. The molecule has 0 amide bonds. The zero-order valence-corrected chi connectivity index (χ0v) is 9.76. The Kier molecular flexibility index (Phi) is 3.75. The Morgan fingerprint density at radius 2 is 1.93 bits per heavy atom. The average molecular weight is 246 g/mol. The van der Waals surface area contributed by atoms with Gasteiger partial charge >= 0.3 is 0 Å². The second-order valence-electron chi connectivity index (χ2n) is 3.22. The van der Waals surface area contributed by atoms with Gasteiger partial charge in [-0.2, -0.15) is 0 Å². The summed E-state index contributed by atoms with van der Waals surface area (Å²) in [5, 5.41) is 0.558. The monoisotopic (exact) mass is 245 g/mol. The van der Waals surface area contributed by atoms with Gasteiger partial charge in [-0.05, 0) is 12.1 Å². The molecule has 1 saturated heterocycles. The maximum Gasteiger partial charge on any atom is 0.129 e. The number of halogens is 1. The van der Waals surface area contributed by atoms with Crippen molar-refractivity contribution in [2.45, 2.75) is 4.90 Å². The summed E-state index contributed by atoms with van der Waals surface area (Å²) < 4.78 is 19.2. The van der Waals surface area contributed by atoms with Gasteiger partial charge in [0.2, 0.25) is 0 Å². The summed E-state index contributed by atoms with van der Waals surface area (Å²) in [6, 6.07) is 7.24. The fraction of sp³-hybridized carbons (Fsp3) is 0.400. The number of rotatable bonds is 2. The molecule has 5 heteroatoms. The molecule has 1 fully saturated rings. The summed E-state index contributed by atoms with van der Waals surface area (Å²) in [6.07, 6.45) is 0. The average Bonchev–Trinajstić information content (AvgIpc) is 2.30. The van der Waals surface area contributed by atoms with E-state index in [0.717, 1.165) is 0 Å². The molecule has 1 aromatic rings. The minimum atomic E-state index is -1.16. The number of nitrogens with zero attached hydrogens (tertiary/aromatic N) is 1. The van der Waals surface area contributed by atoms with Gasteiger partial charge in [-0.1, -0.05) is 23.7 Å². The maximum absolute atomic E-state index is 12.1. The van der Waals surface area contributed by atoms with Crippen LogP contribution < -0.4 is 0 Å². The third kappa shape index (κ3) is 2.58. The van der Waals surface area contributed by atoms with Gasteiger partial charge in [0.1, 0.15) is 11.0 Å². The van der Waals surface area contributed by atoms with E-state index < -0.39 is 11.0 Å². The zero-order chi connectivity index (χ0) is 10.7. The molecule has 15 heavy (non-hydrogen) atoms. The summed E-state index contributed by atoms with van der Waals surface area (Å²) >= 11 is 5.99. The Morgan fingerprint density at radius 1 is 1.27 bits per heavy atom. The van der Waals surface area contributed by atoms with Crippen LogP contribution in [0.4, 0.5) is 0 Å². The molecule has 1 atom stereocenters. The molecule has 2 rings (SSSR count). The third-order valence-electron chi connectivity index (χ3n) is 2.23. The Balaban J connectivity index is 2.16. The molecule has 0 spiro atoms. The van der Waals surface area contributed by atoms with Crippen molar-refractivity contribution in [1.82, 2.24) is 4.31 Å². The third-order valence-corrected chi connectivity index (χ3v) is 4.24. The van der Waals surface area contributed by atoms with Gasteiger partial charge in [0.15, 0.2) is 0 Å². The van der Waals surface area contributed by atoms with Crippen LogP contribution in [-0.2, 0) is 15.7 Å². The first kappa shape index (κ1) is 11.1. The SMILES string of the molecule is O=S(c1ccccc1Cl)N1CCOCC1. The summed E-state index contributed by atoms with van der Waals surface area (Å²) in [5.74, 6) is 0. The van der Waals surface area contributed by atoms with Crippen LogP contribution in [0.15, 0.2) is 29.2 Å². The van der Waals surface area contributed by atoms with Crippen molar-refractivity contribution >= 4 is 22.6 Å². The van der Waals surface area contributed by atoms with E-state index >= 15 is 0 Å². The van der Waals surface area contributed by atoms with Crippen LogP contribution in [0.5, 0.6) is 0 Å². The van der Waals surface area contributed by atoms with Gasteiger partial charge in [-0.3, -0.25) is 0 Å². The zero-order valence-electron chi connectivity index (χ0n) is 8.19. The van der Waals surface area contributed by atoms with Gasteiger partial charge in [0.25, 0.3) is 0 Å². The standard InChI is InChI=1S/C10H12ClNO2S/c11-9-3-1-2-4-10(9)15(13)12-5-7-14-8-6-12/h1-4H,5-8H2. The van der Waals surface area contributed by atoms with Gasteiger partial charge in [-0.25, -0.2) is 8.51 Å². The molecule has 0 radical (unpaired) electrons. The van der Waals surface area contributed by atoms with Gasteiger partial charge in [0, 0.05) is 13.1 Å². The van der Waals surface area contributed by atoms with Crippen LogP contribution in [0.2, 0.25) is 5.02 Å². The largest absolute Gasteiger partial charge is 0.379 e. The summed E-state index contributed by atoms with van der Waals surface area (Å²) in [5.41, 5.74) is 0. The number of hydrogen-bond acceptors (Lipinski definition) is 2. The van der Waals surface area contributed by atoms with Gasteiger partial charge in [-0.15, -0.1) is 0 Å². The highest BCUT2D eigenvalue weighted by molar-refractivity contribution is 7.82. The van der Waals surface area contributed by atoms with E-state index in [1.54, 1.807) is 12.1 Å². The smallest absolute Gasteiger partial charge is 0.129 e. The van der Waals surface area contributed by atoms with Crippen molar-refractivity contribution in [2.24, 2.45) is 0 Å². The molecule has 1 aliphatic heterocycles. The highest BCUT2D eigenvalue weighted by Gasteiger charge is 2.19. The number of hydrogen-bond donors (Lipinski definition) is 0. The van der Waals surface area contributed by atoms with Crippen LogP contribution >= 0.6 is 11.6 Å². The second-order valence-corrected chi connectivity index (χ2v) is 5.08. The van der Waals surface area contributed by atoms with E-state index in [4.69, 9.17) is 16.3 Å². The van der Waals surface area contributed by atoms with E-state index in [1.165, 1.54) is 0 Å². The Morgan fingerprint density at radius 3 is 2.60 bits per heavy atom. The lowest BCUT2D eigenvalue weighted by Crippen LogP contribution is -2.37. The molecule has 0 aromatic heterocycles. The first-order valence-electron chi connectivity index (χ1n) is 4.78. The van der Waals surface area contributed by atoms with Crippen LogP contribution in [0.25, 0.3) is 0 Å². The molecular formula is C10H12ClNO2S. The highest BCUT2D eigenvalue weighted by atomic mass is 35.5. The van der Waals surface area contributed by atoms with Crippen LogP contribution in [-0.4, -0.2) is 34.8 Å². The van der Waals surface area contributed by atoms with Crippen molar-refractivity contribution in [1.29, 1.82) is 0 Å². The molecule has 1 heterocycles. The quantitative estimate of drug-likeness (QED) is 0.794. The topological polar surface area (TPSA) is 29.5 Å². The lowest BCUT2D eigenvalue weighted by Gasteiger charge is -2.25. The fourth-order valence-electron chi connectivity index (χ4n) is 1.44. The first-order valence-corrected chi connectivity index (χ1v) is 6.26. The molecule has 0 bridgehead atoms. The maximum atomic E-state index is 12.1. The van der Waals surface area contributed by atoms with Crippen molar-refractivity contribution in [3.8, 4) is 0 Å². The van der Waals surface area contributed by atoms with E-state index in [1.807, 2.05) is 16.4 Å². The lowest BCUT2D eigenvalue weighted by molar-refractivity contribution is 0.0752. The fourth-order valence-corrected chi connectivity index (χ4v) is 2.96. The highest BCUT2D eigenvalue weighted by Crippen LogP contribution is 2.21. The number of morpholine rings is 1. The van der Waals surface area contributed by atoms with Crippen LogP contribution in [0.3, 0.4) is 0 Å². The van der Waals surface area contributed by atoms with Gasteiger partial charge < -0.3 is 4.74 Å². The molecular weight excluding hydrogens is 234 g/mol. The predicted molar refractivity (Wildman–Crippen MR) is 60.3 cm³/mol. The summed E-state index contributed by atoms with van der Waals surface area (Å²) in [7, 11) is -1.16. The molecule has 1 aliphatic rings. The molecule has 0 N–H and O–H groups in total. The molecule has 1 aromatic carbocycles. The minimum absolute atomic E-state index is 0.558. The summed E-state index contributed by atoms with van der Waals surface area (Å²) in [4.78, 5) is 0.682. The first-order chi connectivity index (χ1) is 7.29. The van der Waals surface area contributed by atoms with E-state index in [0.29, 0.717) is 36.2 Å². The van der Waals surface area contributed by atoms with E-state index in [-0.39, 0.29) is 0 Å². The molecule has 3 nitrogen and oxygen atoms in total. The molecule has 82 valence electrons. The Hall–Kier alpha value is -0.420. The second kappa shape index (κ2) is 5.07. The predicted octanol–water partition coefficient (Wildman–Crippen LogP) is 1.69. The van der Waals surface area contributed by atoms with E-state index in [2.05, 4.69) is 0 Å². The number of benzene rings is 1. The van der Waals surface area contributed by atoms with Gasteiger partial charge in [0.05, 0.1) is 23.1 Å². The van der Waals surface area contributed by atoms with Crippen molar-refractivity contribution in [3.63, 3.8) is 0 Å². The number of ether oxygens (including phenoxy) is 1. The normalized spacial score (nSPS) is 20.1. The van der Waals surface area contributed by atoms with Crippen molar-refractivity contribution in [3.05, 3.63) is 29.3 Å². The van der Waals surface area contributed by atoms with Crippen LogP contribution in [0, 0.1) is 0 Å². The summed E-state index contributed by atoms with van der Waals surface area (Å²) in [6.45, 7) is 2.65. The van der Waals surface area contributed by atoms with Crippen molar-refractivity contribution in [2.75, 3.05) is 26.3 Å². The minimum Gasteiger partial charge on any atom is -0.379 e. The molecule has 0 saturated carbocycles. The van der Waals surface area contributed by atoms with Crippen molar-refractivity contribution < 1.29 is 8.95 Å². The Labute approximate surface area is 96.6 Å². The van der Waals surface area contributed by atoms with E-state index in [9.17, 15) is 4.21 Å². The lowest BCUT2D eigenvalue weighted by atomic mass is 10.4. The van der Waals surface area contributed by atoms with Crippen LogP contribution in [0.1, 0.15) is 0 Å².